The van der Waals surface area contributed by atoms with Gasteiger partial charge >= 0.3 is 5.97 Å². The molecule has 15 heavy (non-hydrogen) atoms. The molecule has 0 aromatic carbocycles. The number of rotatable bonds is 3. The molecule has 0 spiro atoms. The summed E-state index contributed by atoms with van der Waals surface area (Å²) >= 11 is 5.49. The molecular formula is C8H11ClFN3O2. The fourth-order valence-electron chi connectivity index (χ4n) is 0.900. The Balaban J connectivity index is 2.65. The number of carbonyl (C=O) groups is 1. The smallest absolute Gasteiger partial charge is 0.323 e. The van der Waals surface area contributed by atoms with Gasteiger partial charge in [0.25, 0.3) is 0 Å². The molecule has 1 rings (SSSR count). The molecule has 0 saturated carbocycles. The molecule has 0 saturated heterocycles. The second-order valence-corrected chi connectivity index (χ2v) is 3.94. The Morgan fingerprint density at radius 2 is 2.40 bits per heavy atom. The molecule has 1 heterocycles. The second kappa shape index (κ2) is 4.16. The Bertz CT molecular complexity index is 341. The van der Waals surface area contributed by atoms with Crippen LogP contribution in [-0.2, 0) is 4.79 Å². The molecule has 3 N–H and O–H groups in total. The molecule has 1 unspecified atom stereocenters. The molecule has 5 nitrogen and oxygen atoms in total. The summed E-state index contributed by atoms with van der Waals surface area (Å²) < 4.78 is 12.7. The van der Waals surface area contributed by atoms with E-state index >= 15 is 0 Å². The van der Waals surface area contributed by atoms with Crippen molar-refractivity contribution in [3.05, 3.63) is 11.0 Å². The molecule has 0 aliphatic carbocycles. The van der Waals surface area contributed by atoms with Gasteiger partial charge in [0, 0.05) is 0 Å². The summed E-state index contributed by atoms with van der Waals surface area (Å²) in [4.78, 5) is 14.5. The minimum absolute atomic E-state index is 0.191. The van der Waals surface area contributed by atoms with Gasteiger partial charge in [-0.1, -0.05) is 11.6 Å². The van der Waals surface area contributed by atoms with E-state index in [0.717, 1.165) is 6.21 Å². The summed E-state index contributed by atoms with van der Waals surface area (Å²) in [7, 11) is 0. The standard InChI is InChI=1S/C8H11ClFN3O2/c1-8(2,6(14)15)13-7-11-3-4(10)5(9)12-7/h3,7,12-13H,1-2H3,(H,14,15). The molecular weight excluding hydrogens is 225 g/mol. The molecule has 0 fully saturated rings. The van der Waals surface area contributed by atoms with Crippen LogP contribution in [0.4, 0.5) is 4.39 Å². The van der Waals surface area contributed by atoms with Crippen LogP contribution in [0.5, 0.6) is 0 Å². The zero-order valence-corrected chi connectivity index (χ0v) is 8.97. The van der Waals surface area contributed by atoms with Gasteiger partial charge in [-0.25, -0.2) is 4.39 Å². The van der Waals surface area contributed by atoms with Gasteiger partial charge in [0.1, 0.15) is 10.7 Å². The summed E-state index contributed by atoms with van der Waals surface area (Å²) in [5, 5.41) is 13.8. The van der Waals surface area contributed by atoms with E-state index in [1.54, 1.807) is 0 Å². The van der Waals surface area contributed by atoms with Crippen LogP contribution in [0.25, 0.3) is 0 Å². The lowest BCUT2D eigenvalue weighted by atomic mass is 10.1. The average molecular weight is 236 g/mol. The molecule has 0 aromatic heterocycles. The molecule has 1 aliphatic rings. The number of hydrogen-bond acceptors (Lipinski definition) is 4. The summed E-state index contributed by atoms with van der Waals surface area (Å²) in [6.45, 7) is 2.93. The maximum atomic E-state index is 12.7. The Labute approximate surface area is 91.0 Å². The van der Waals surface area contributed by atoms with Gasteiger partial charge < -0.3 is 10.4 Å². The third kappa shape index (κ3) is 2.90. The van der Waals surface area contributed by atoms with Gasteiger partial charge in [-0.2, -0.15) is 0 Å². The van der Waals surface area contributed by atoms with Crippen LogP contribution < -0.4 is 10.6 Å². The third-order valence-electron chi connectivity index (χ3n) is 1.84. The van der Waals surface area contributed by atoms with Crippen LogP contribution in [0.2, 0.25) is 0 Å². The average Bonchev–Trinajstić information content (AvgIpc) is 2.10. The van der Waals surface area contributed by atoms with E-state index < -0.39 is 23.6 Å². The lowest BCUT2D eigenvalue weighted by Gasteiger charge is -2.28. The highest BCUT2D eigenvalue weighted by molar-refractivity contribution is 6.30. The molecule has 0 amide bonds. The van der Waals surface area contributed by atoms with Crippen LogP contribution in [0.1, 0.15) is 13.8 Å². The Morgan fingerprint density at radius 3 is 2.87 bits per heavy atom. The number of allylic oxidation sites excluding steroid dienone is 1. The predicted molar refractivity (Wildman–Crippen MR) is 54.3 cm³/mol. The summed E-state index contributed by atoms with van der Waals surface area (Å²) in [6, 6.07) is 0. The number of aliphatic carboxylic acids is 1. The minimum atomic E-state index is -1.18. The first-order valence-corrected chi connectivity index (χ1v) is 4.57. The van der Waals surface area contributed by atoms with E-state index in [-0.39, 0.29) is 5.16 Å². The highest BCUT2D eigenvalue weighted by atomic mass is 35.5. The first-order chi connectivity index (χ1) is 6.83. The van der Waals surface area contributed by atoms with Gasteiger partial charge in [-0.15, -0.1) is 0 Å². The van der Waals surface area contributed by atoms with E-state index in [1.807, 2.05) is 0 Å². The predicted octanol–water partition coefficient (Wildman–Crippen LogP) is 0.774. The number of halogens is 2. The van der Waals surface area contributed by atoms with Gasteiger partial charge in [-0.05, 0) is 13.8 Å². The van der Waals surface area contributed by atoms with Crippen LogP contribution in [0, 0.1) is 0 Å². The Kier molecular flexibility index (Phi) is 3.31. The highest BCUT2D eigenvalue weighted by Gasteiger charge is 2.30. The van der Waals surface area contributed by atoms with E-state index in [1.165, 1.54) is 13.8 Å². The zero-order valence-electron chi connectivity index (χ0n) is 8.21. The van der Waals surface area contributed by atoms with Crippen molar-refractivity contribution in [2.24, 2.45) is 4.99 Å². The van der Waals surface area contributed by atoms with E-state index in [2.05, 4.69) is 15.6 Å². The van der Waals surface area contributed by atoms with Crippen molar-refractivity contribution in [2.45, 2.75) is 25.7 Å². The van der Waals surface area contributed by atoms with Crippen molar-refractivity contribution < 1.29 is 14.3 Å². The highest BCUT2D eigenvalue weighted by Crippen LogP contribution is 2.13. The van der Waals surface area contributed by atoms with E-state index in [0.29, 0.717) is 0 Å². The number of hydrogen-bond donors (Lipinski definition) is 3. The van der Waals surface area contributed by atoms with Crippen LogP contribution in [0.15, 0.2) is 16.0 Å². The van der Waals surface area contributed by atoms with Crippen molar-refractivity contribution in [1.29, 1.82) is 0 Å². The second-order valence-electron chi connectivity index (χ2n) is 3.56. The number of aliphatic imine (C=N–C) groups is 1. The lowest BCUT2D eigenvalue weighted by molar-refractivity contribution is -0.143. The Hall–Kier alpha value is -1.14. The van der Waals surface area contributed by atoms with Gasteiger partial charge in [-0.3, -0.25) is 15.1 Å². The van der Waals surface area contributed by atoms with Crippen LogP contribution >= 0.6 is 11.6 Å². The van der Waals surface area contributed by atoms with Crippen LogP contribution in [0.3, 0.4) is 0 Å². The quantitative estimate of drug-likeness (QED) is 0.632. The van der Waals surface area contributed by atoms with Gasteiger partial charge in [0.2, 0.25) is 0 Å². The molecule has 7 heteroatoms. The molecule has 1 aliphatic heterocycles. The maximum absolute atomic E-state index is 12.7. The van der Waals surface area contributed by atoms with E-state index in [9.17, 15) is 9.18 Å². The van der Waals surface area contributed by atoms with Crippen molar-refractivity contribution in [1.82, 2.24) is 10.6 Å². The van der Waals surface area contributed by atoms with Crippen molar-refractivity contribution >= 4 is 23.8 Å². The molecule has 0 radical (unpaired) electrons. The van der Waals surface area contributed by atoms with Gasteiger partial charge in [0.15, 0.2) is 12.1 Å². The zero-order chi connectivity index (χ0) is 11.6. The first kappa shape index (κ1) is 11.9. The molecule has 0 aromatic rings. The summed E-state index contributed by atoms with van der Waals surface area (Å²) in [5.74, 6) is -1.71. The lowest BCUT2D eigenvalue weighted by Crippen LogP contribution is -2.55. The summed E-state index contributed by atoms with van der Waals surface area (Å²) in [5.41, 5.74) is -1.18. The normalized spacial score (nSPS) is 21.5. The Morgan fingerprint density at radius 1 is 1.80 bits per heavy atom. The largest absolute Gasteiger partial charge is 0.480 e. The number of nitrogens with zero attached hydrogens (tertiary/aromatic N) is 1. The first-order valence-electron chi connectivity index (χ1n) is 4.19. The van der Waals surface area contributed by atoms with E-state index in [4.69, 9.17) is 16.7 Å². The SMILES string of the molecule is CC(C)(NC1N=CC(F)=C(Cl)N1)C(=O)O. The minimum Gasteiger partial charge on any atom is -0.480 e. The fourth-order valence-corrected chi connectivity index (χ4v) is 1.05. The van der Waals surface area contributed by atoms with Crippen LogP contribution in [-0.4, -0.2) is 29.1 Å². The molecule has 84 valence electrons. The number of nitrogens with one attached hydrogen (secondary N) is 2. The van der Waals surface area contributed by atoms with Crippen molar-refractivity contribution in [2.75, 3.05) is 0 Å². The number of carboxylic acid groups (broad SMARTS) is 1. The molecule has 1 atom stereocenters. The third-order valence-corrected chi connectivity index (χ3v) is 2.13. The summed E-state index contributed by atoms with van der Waals surface area (Å²) in [6.07, 6.45) is 0.192. The monoisotopic (exact) mass is 235 g/mol. The van der Waals surface area contributed by atoms with Gasteiger partial charge in [0.05, 0.1) is 6.21 Å². The number of carboxylic acids is 1. The molecule has 0 bridgehead atoms. The fraction of sp³-hybridized carbons (Fsp3) is 0.500. The van der Waals surface area contributed by atoms with Crippen molar-refractivity contribution in [3.8, 4) is 0 Å². The topological polar surface area (TPSA) is 73.7 Å². The maximum Gasteiger partial charge on any atom is 0.323 e. The van der Waals surface area contributed by atoms with Crippen molar-refractivity contribution in [3.63, 3.8) is 0 Å².